The van der Waals surface area contributed by atoms with Crippen LogP contribution in [0.5, 0.6) is 5.75 Å². The van der Waals surface area contributed by atoms with Gasteiger partial charge in [0.25, 0.3) is 5.91 Å². The van der Waals surface area contributed by atoms with E-state index in [-0.39, 0.29) is 36.9 Å². The Balaban J connectivity index is 1.96. The highest BCUT2D eigenvalue weighted by Crippen LogP contribution is 2.40. The van der Waals surface area contributed by atoms with Crippen molar-refractivity contribution >= 4 is 11.9 Å². The average molecular weight is 477 g/mol. The lowest BCUT2D eigenvalue weighted by Gasteiger charge is -2.40. The van der Waals surface area contributed by atoms with Gasteiger partial charge in [-0.15, -0.1) is 0 Å². The summed E-state index contributed by atoms with van der Waals surface area (Å²) >= 11 is 0. The highest BCUT2D eigenvalue weighted by molar-refractivity contribution is 5.98. The van der Waals surface area contributed by atoms with Crippen LogP contribution in [0.15, 0.2) is 71.7 Å². The molecule has 0 unspecified atom stereocenters. The number of hydrogen-bond acceptors (Lipinski definition) is 6. The number of aromatic hydroxyl groups is 1. The molecule has 0 bridgehead atoms. The van der Waals surface area contributed by atoms with Gasteiger partial charge in [0.15, 0.2) is 11.4 Å². The van der Waals surface area contributed by atoms with Crippen molar-refractivity contribution in [3.8, 4) is 5.75 Å². The molecule has 8 nitrogen and oxygen atoms in total. The Hall–Kier alpha value is -3.91. The summed E-state index contributed by atoms with van der Waals surface area (Å²) in [6, 6.07) is 19.2. The van der Waals surface area contributed by atoms with Crippen molar-refractivity contribution < 1.29 is 24.2 Å². The maximum Gasteiger partial charge on any atom is 0.343 e. The number of fused-ring (bicyclic) bond motifs is 1. The molecule has 0 saturated carbocycles. The summed E-state index contributed by atoms with van der Waals surface area (Å²) in [7, 11) is 1.55. The quantitative estimate of drug-likeness (QED) is 0.502. The molecule has 0 radical (unpaired) electrons. The van der Waals surface area contributed by atoms with Gasteiger partial charge in [-0.3, -0.25) is 9.59 Å². The van der Waals surface area contributed by atoms with Crippen molar-refractivity contribution in [1.29, 1.82) is 0 Å². The van der Waals surface area contributed by atoms with Crippen LogP contribution in [0.3, 0.4) is 0 Å². The predicted molar refractivity (Wildman–Crippen MR) is 130 cm³/mol. The molecule has 1 aromatic heterocycles. The number of carbonyl (C=O) groups excluding carboxylic acids is 2. The Kier molecular flexibility index (Phi) is 7.31. The first-order valence-electron chi connectivity index (χ1n) is 11.5. The summed E-state index contributed by atoms with van der Waals surface area (Å²) in [6.45, 7) is 2.58. The fourth-order valence-corrected chi connectivity index (χ4v) is 4.61. The number of amides is 1. The molecule has 3 aromatic rings. The summed E-state index contributed by atoms with van der Waals surface area (Å²) < 4.78 is 11.8. The Bertz CT molecular complexity index is 1220. The molecule has 1 amide bonds. The summed E-state index contributed by atoms with van der Waals surface area (Å²) in [5.74, 6) is -2.34. The zero-order valence-electron chi connectivity index (χ0n) is 19.7. The minimum absolute atomic E-state index is 0.0740. The van der Waals surface area contributed by atoms with E-state index in [1.165, 1.54) is 6.20 Å². The molecule has 2 heterocycles. The van der Waals surface area contributed by atoms with Crippen LogP contribution in [0.1, 0.15) is 50.9 Å². The molecule has 0 saturated heterocycles. The van der Waals surface area contributed by atoms with Crippen LogP contribution < -0.4 is 5.43 Å². The van der Waals surface area contributed by atoms with Gasteiger partial charge in [-0.25, -0.2) is 4.79 Å². The first-order chi connectivity index (χ1) is 17.0. The van der Waals surface area contributed by atoms with Crippen molar-refractivity contribution in [2.45, 2.75) is 18.9 Å². The monoisotopic (exact) mass is 476 g/mol. The van der Waals surface area contributed by atoms with Gasteiger partial charge in [0.05, 0.1) is 19.3 Å². The lowest BCUT2D eigenvalue weighted by atomic mass is 9.83. The lowest BCUT2D eigenvalue weighted by Crippen LogP contribution is -2.47. The molecular weight excluding hydrogens is 448 g/mol. The molecule has 8 heteroatoms. The van der Waals surface area contributed by atoms with E-state index in [0.29, 0.717) is 6.61 Å². The van der Waals surface area contributed by atoms with Crippen LogP contribution in [0.2, 0.25) is 0 Å². The standard InChI is InChI=1S/C27H28N2O6/c1-3-35-27(33)20-16-29-21(17-28(14-15-34-2)26(32)23(29)25(31)24(20)30)22(18-10-6-4-7-11-18)19-12-8-5-9-13-19/h4-13,16,21-22,31H,3,14-15,17H2,1-2H3/t21-/m1/s1. The minimum Gasteiger partial charge on any atom is -0.503 e. The van der Waals surface area contributed by atoms with E-state index in [0.717, 1.165) is 11.1 Å². The van der Waals surface area contributed by atoms with Gasteiger partial charge in [-0.2, -0.15) is 0 Å². The van der Waals surface area contributed by atoms with Gasteiger partial charge >= 0.3 is 5.97 Å². The molecule has 1 aliphatic rings. The number of pyridine rings is 1. The number of hydrogen-bond donors (Lipinski definition) is 1. The smallest absolute Gasteiger partial charge is 0.343 e. The van der Waals surface area contributed by atoms with Gasteiger partial charge in [-0.05, 0) is 18.1 Å². The molecule has 1 aliphatic heterocycles. The van der Waals surface area contributed by atoms with E-state index in [9.17, 15) is 19.5 Å². The molecular formula is C27H28N2O6. The van der Waals surface area contributed by atoms with E-state index in [4.69, 9.17) is 9.47 Å². The summed E-state index contributed by atoms with van der Waals surface area (Å²) in [5, 5.41) is 10.9. The van der Waals surface area contributed by atoms with E-state index in [1.807, 2.05) is 60.7 Å². The topological polar surface area (TPSA) is 98.1 Å². The minimum atomic E-state index is -0.925. The predicted octanol–water partition coefficient (Wildman–Crippen LogP) is 3.21. The van der Waals surface area contributed by atoms with Crippen LogP contribution in [0.25, 0.3) is 0 Å². The largest absolute Gasteiger partial charge is 0.503 e. The van der Waals surface area contributed by atoms with E-state index >= 15 is 0 Å². The Morgan fingerprint density at radius 1 is 1.06 bits per heavy atom. The number of benzene rings is 2. The average Bonchev–Trinajstić information content (AvgIpc) is 2.88. The first-order valence-corrected chi connectivity index (χ1v) is 11.5. The zero-order valence-corrected chi connectivity index (χ0v) is 19.7. The van der Waals surface area contributed by atoms with Crippen LogP contribution in [0.4, 0.5) is 0 Å². The Labute approximate surface area is 203 Å². The van der Waals surface area contributed by atoms with Gasteiger partial charge < -0.3 is 24.0 Å². The normalized spacial score (nSPS) is 15.2. The van der Waals surface area contributed by atoms with Crippen molar-refractivity contribution in [3.05, 3.63) is 99.5 Å². The van der Waals surface area contributed by atoms with Gasteiger partial charge in [0.1, 0.15) is 5.56 Å². The van der Waals surface area contributed by atoms with Crippen LogP contribution in [-0.4, -0.2) is 59.9 Å². The summed E-state index contributed by atoms with van der Waals surface area (Å²) in [5.41, 5.74) is 0.605. The van der Waals surface area contributed by atoms with Crippen LogP contribution >= 0.6 is 0 Å². The molecule has 4 rings (SSSR count). The Morgan fingerprint density at radius 2 is 1.66 bits per heavy atom. The van der Waals surface area contributed by atoms with Crippen molar-refractivity contribution in [2.24, 2.45) is 0 Å². The molecule has 1 atom stereocenters. The zero-order chi connectivity index (χ0) is 24.9. The second kappa shape index (κ2) is 10.6. The third-order valence-corrected chi connectivity index (χ3v) is 6.23. The highest BCUT2D eigenvalue weighted by atomic mass is 16.5. The molecule has 182 valence electrons. The summed E-state index contributed by atoms with van der Waals surface area (Å²) in [6.07, 6.45) is 1.35. The number of methoxy groups -OCH3 is 1. The first kappa shape index (κ1) is 24.2. The maximum absolute atomic E-state index is 13.4. The third-order valence-electron chi connectivity index (χ3n) is 6.23. The fraction of sp³-hybridized carbons (Fsp3) is 0.296. The number of aromatic nitrogens is 1. The number of carbonyl (C=O) groups is 2. The fourth-order valence-electron chi connectivity index (χ4n) is 4.61. The SMILES string of the molecule is CCOC(=O)c1cn2c(c(O)c1=O)C(=O)N(CCOC)C[C@@H]2C(c1ccccc1)c1ccccc1. The number of esters is 1. The molecule has 2 aromatic carbocycles. The number of ether oxygens (including phenoxy) is 2. The van der Waals surface area contributed by atoms with Gasteiger partial charge in [0.2, 0.25) is 5.43 Å². The Morgan fingerprint density at radius 3 is 2.20 bits per heavy atom. The van der Waals surface area contributed by atoms with E-state index < -0.39 is 29.1 Å². The second-order valence-electron chi connectivity index (χ2n) is 8.31. The number of rotatable bonds is 8. The van der Waals surface area contributed by atoms with Crippen LogP contribution in [0, 0.1) is 0 Å². The second-order valence-corrected chi connectivity index (χ2v) is 8.31. The molecule has 0 fully saturated rings. The van der Waals surface area contributed by atoms with E-state index in [2.05, 4.69) is 0 Å². The van der Waals surface area contributed by atoms with Gasteiger partial charge in [0, 0.05) is 32.3 Å². The molecule has 0 aliphatic carbocycles. The number of nitrogens with zero attached hydrogens (tertiary/aromatic N) is 2. The molecule has 35 heavy (non-hydrogen) atoms. The highest BCUT2D eigenvalue weighted by Gasteiger charge is 2.39. The maximum atomic E-state index is 13.4. The van der Waals surface area contributed by atoms with Crippen molar-refractivity contribution in [2.75, 3.05) is 33.4 Å². The van der Waals surface area contributed by atoms with Crippen molar-refractivity contribution in [1.82, 2.24) is 9.47 Å². The molecule has 1 N–H and O–H groups in total. The van der Waals surface area contributed by atoms with E-state index in [1.54, 1.807) is 23.5 Å². The van der Waals surface area contributed by atoms with Gasteiger partial charge in [-0.1, -0.05) is 60.7 Å². The van der Waals surface area contributed by atoms with Crippen molar-refractivity contribution in [3.63, 3.8) is 0 Å². The third kappa shape index (κ3) is 4.70. The molecule has 0 spiro atoms. The van der Waals surface area contributed by atoms with Crippen LogP contribution in [-0.2, 0) is 9.47 Å². The lowest BCUT2D eigenvalue weighted by molar-refractivity contribution is 0.0512. The summed E-state index contributed by atoms with van der Waals surface area (Å²) in [4.78, 5) is 40.4.